The molecule has 2 heterocycles. The smallest absolute Gasteiger partial charge is 0.282 e. The van der Waals surface area contributed by atoms with Crippen LogP contribution in [0, 0.1) is 0 Å². The minimum Gasteiger partial charge on any atom is -0.375 e. The summed E-state index contributed by atoms with van der Waals surface area (Å²) in [5, 5.41) is 15.0. The number of nitrogens with zero attached hydrogens (tertiary/aromatic N) is 2. The molecule has 1 aliphatic heterocycles. The standard InChI is InChI=1S/C12H20N4O2S/c1-4-13-11-16-15-10(19-11)9(17)14-8-5-6-18-12(2,3)7-8/h8H,4-7H2,1-3H3,(H,13,16)(H,14,17). The summed E-state index contributed by atoms with van der Waals surface area (Å²) in [5.41, 5.74) is -0.174. The number of nitrogens with one attached hydrogen (secondary N) is 2. The molecule has 0 aromatic carbocycles. The topological polar surface area (TPSA) is 76.1 Å². The molecule has 19 heavy (non-hydrogen) atoms. The molecule has 0 radical (unpaired) electrons. The van der Waals surface area contributed by atoms with Gasteiger partial charge in [-0.25, -0.2) is 0 Å². The van der Waals surface area contributed by atoms with Crippen LogP contribution in [0.15, 0.2) is 0 Å². The molecule has 0 saturated carbocycles. The van der Waals surface area contributed by atoms with Crippen molar-refractivity contribution in [1.82, 2.24) is 15.5 Å². The Bertz CT molecular complexity index is 447. The van der Waals surface area contributed by atoms with Crippen molar-refractivity contribution in [3.05, 3.63) is 5.01 Å². The van der Waals surface area contributed by atoms with Gasteiger partial charge in [0.1, 0.15) is 0 Å². The lowest BCUT2D eigenvalue weighted by Crippen LogP contribution is -2.45. The Morgan fingerprint density at radius 1 is 1.53 bits per heavy atom. The summed E-state index contributed by atoms with van der Waals surface area (Å²) in [6, 6.07) is 0.141. The second-order valence-corrected chi connectivity index (χ2v) is 6.19. The highest BCUT2D eigenvalue weighted by atomic mass is 32.1. The van der Waals surface area contributed by atoms with Crippen molar-refractivity contribution in [2.24, 2.45) is 0 Å². The molecule has 1 aromatic heterocycles. The van der Waals surface area contributed by atoms with E-state index in [1.54, 1.807) is 0 Å². The van der Waals surface area contributed by atoms with Crippen molar-refractivity contribution >= 4 is 22.4 Å². The molecule has 2 rings (SSSR count). The average Bonchev–Trinajstić information content (AvgIpc) is 2.77. The maximum Gasteiger partial charge on any atom is 0.282 e. The van der Waals surface area contributed by atoms with Crippen LogP contribution in [-0.4, -0.2) is 40.9 Å². The van der Waals surface area contributed by atoms with Crippen LogP contribution in [0.2, 0.25) is 0 Å². The van der Waals surface area contributed by atoms with Gasteiger partial charge in [0, 0.05) is 19.2 Å². The lowest BCUT2D eigenvalue weighted by Gasteiger charge is -2.35. The second kappa shape index (κ2) is 5.83. The molecule has 2 N–H and O–H groups in total. The lowest BCUT2D eigenvalue weighted by atomic mass is 9.94. The third-order valence-electron chi connectivity index (χ3n) is 2.98. The first-order chi connectivity index (χ1) is 9.00. The molecule has 106 valence electrons. The van der Waals surface area contributed by atoms with Crippen LogP contribution in [0.5, 0.6) is 0 Å². The molecule has 1 saturated heterocycles. The number of aromatic nitrogens is 2. The van der Waals surface area contributed by atoms with E-state index in [1.165, 1.54) is 11.3 Å². The first kappa shape index (κ1) is 14.2. The van der Waals surface area contributed by atoms with E-state index >= 15 is 0 Å². The molecule has 0 spiro atoms. The van der Waals surface area contributed by atoms with E-state index in [4.69, 9.17) is 4.74 Å². The zero-order chi connectivity index (χ0) is 13.9. The highest BCUT2D eigenvalue weighted by Gasteiger charge is 2.30. The molecular formula is C12H20N4O2S. The van der Waals surface area contributed by atoms with Crippen LogP contribution in [0.3, 0.4) is 0 Å². The Morgan fingerprint density at radius 3 is 3.00 bits per heavy atom. The van der Waals surface area contributed by atoms with Crippen LogP contribution in [0.25, 0.3) is 0 Å². The van der Waals surface area contributed by atoms with Crippen LogP contribution in [0.1, 0.15) is 43.4 Å². The van der Waals surface area contributed by atoms with E-state index < -0.39 is 0 Å². The number of ether oxygens (including phenoxy) is 1. The van der Waals surface area contributed by atoms with E-state index in [2.05, 4.69) is 20.8 Å². The van der Waals surface area contributed by atoms with Crippen LogP contribution >= 0.6 is 11.3 Å². The third-order valence-corrected chi connectivity index (χ3v) is 3.86. The number of rotatable bonds is 4. The molecule has 1 unspecified atom stereocenters. The van der Waals surface area contributed by atoms with Gasteiger partial charge in [0.2, 0.25) is 10.1 Å². The van der Waals surface area contributed by atoms with Crippen molar-refractivity contribution in [2.45, 2.75) is 45.3 Å². The zero-order valence-electron chi connectivity index (χ0n) is 11.5. The SMILES string of the molecule is CCNc1nnc(C(=O)NC2CCOC(C)(C)C2)s1. The molecular weight excluding hydrogens is 264 g/mol. The maximum atomic E-state index is 12.1. The molecule has 1 fully saturated rings. The molecule has 1 atom stereocenters. The quantitative estimate of drug-likeness (QED) is 0.879. The van der Waals surface area contributed by atoms with Gasteiger partial charge >= 0.3 is 0 Å². The summed E-state index contributed by atoms with van der Waals surface area (Å²) >= 11 is 1.28. The summed E-state index contributed by atoms with van der Waals surface area (Å²) in [6.07, 6.45) is 1.66. The molecule has 6 nitrogen and oxygen atoms in total. The fraction of sp³-hybridized carbons (Fsp3) is 0.750. The monoisotopic (exact) mass is 284 g/mol. The Kier molecular flexibility index (Phi) is 4.36. The normalized spacial score (nSPS) is 21.9. The zero-order valence-corrected chi connectivity index (χ0v) is 12.3. The fourth-order valence-corrected chi connectivity index (χ4v) is 2.85. The summed E-state index contributed by atoms with van der Waals surface area (Å²) in [7, 11) is 0. The summed E-state index contributed by atoms with van der Waals surface area (Å²) in [5.74, 6) is -0.149. The fourth-order valence-electron chi connectivity index (χ4n) is 2.14. The lowest BCUT2D eigenvalue weighted by molar-refractivity contribution is -0.0615. The molecule has 1 amide bonds. The van der Waals surface area contributed by atoms with E-state index in [0.29, 0.717) is 16.7 Å². The molecule has 0 bridgehead atoms. The van der Waals surface area contributed by atoms with Crippen molar-refractivity contribution in [3.63, 3.8) is 0 Å². The minimum atomic E-state index is -0.174. The first-order valence-corrected chi connectivity index (χ1v) is 7.34. The van der Waals surface area contributed by atoms with E-state index in [0.717, 1.165) is 19.4 Å². The van der Waals surface area contributed by atoms with E-state index in [9.17, 15) is 4.79 Å². The minimum absolute atomic E-state index is 0.141. The van der Waals surface area contributed by atoms with Crippen molar-refractivity contribution in [3.8, 4) is 0 Å². The Balaban J connectivity index is 1.92. The van der Waals surface area contributed by atoms with Crippen LogP contribution in [0.4, 0.5) is 5.13 Å². The van der Waals surface area contributed by atoms with Gasteiger partial charge < -0.3 is 15.4 Å². The van der Waals surface area contributed by atoms with Gasteiger partial charge in [-0.1, -0.05) is 11.3 Å². The summed E-state index contributed by atoms with van der Waals surface area (Å²) < 4.78 is 5.63. The van der Waals surface area contributed by atoms with Crippen LogP contribution in [-0.2, 0) is 4.74 Å². The van der Waals surface area contributed by atoms with Gasteiger partial charge in [-0.05, 0) is 33.6 Å². The van der Waals surface area contributed by atoms with Crippen LogP contribution < -0.4 is 10.6 Å². The molecule has 7 heteroatoms. The van der Waals surface area contributed by atoms with Crippen molar-refractivity contribution in [2.75, 3.05) is 18.5 Å². The van der Waals surface area contributed by atoms with Gasteiger partial charge in [-0.2, -0.15) is 0 Å². The van der Waals surface area contributed by atoms with Crippen molar-refractivity contribution in [1.29, 1.82) is 0 Å². The van der Waals surface area contributed by atoms with E-state index in [-0.39, 0.29) is 17.6 Å². The van der Waals surface area contributed by atoms with Gasteiger partial charge in [-0.3, -0.25) is 4.79 Å². The average molecular weight is 284 g/mol. The molecule has 0 aliphatic carbocycles. The Hall–Kier alpha value is -1.21. The first-order valence-electron chi connectivity index (χ1n) is 6.52. The third kappa shape index (κ3) is 3.87. The van der Waals surface area contributed by atoms with Gasteiger partial charge in [-0.15, -0.1) is 10.2 Å². The summed E-state index contributed by atoms with van der Waals surface area (Å²) in [6.45, 7) is 7.51. The Morgan fingerprint density at radius 2 is 2.32 bits per heavy atom. The Labute approximate surface area is 116 Å². The van der Waals surface area contributed by atoms with E-state index in [1.807, 2.05) is 20.8 Å². The second-order valence-electron chi connectivity index (χ2n) is 5.21. The van der Waals surface area contributed by atoms with Gasteiger partial charge in [0.25, 0.3) is 5.91 Å². The number of amides is 1. The highest BCUT2D eigenvalue weighted by molar-refractivity contribution is 7.17. The number of anilines is 1. The summed E-state index contributed by atoms with van der Waals surface area (Å²) in [4.78, 5) is 12.1. The number of hydrogen-bond donors (Lipinski definition) is 2. The molecule has 1 aliphatic rings. The highest BCUT2D eigenvalue weighted by Crippen LogP contribution is 2.24. The largest absolute Gasteiger partial charge is 0.375 e. The van der Waals surface area contributed by atoms with Gasteiger partial charge in [0.05, 0.1) is 5.60 Å². The predicted molar refractivity (Wildman–Crippen MR) is 74.6 cm³/mol. The number of carbonyl (C=O) groups is 1. The number of carbonyl (C=O) groups excluding carboxylic acids is 1. The molecule has 1 aromatic rings. The maximum absolute atomic E-state index is 12.1. The van der Waals surface area contributed by atoms with Crippen molar-refractivity contribution < 1.29 is 9.53 Å². The van der Waals surface area contributed by atoms with Gasteiger partial charge in [0.15, 0.2) is 0 Å². The predicted octanol–water partition coefficient (Wildman–Crippen LogP) is 1.66. The number of hydrogen-bond acceptors (Lipinski definition) is 6.